The highest BCUT2D eigenvalue weighted by Crippen LogP contribution is 2.39. The van der Waals surface area contributed by atoms with E-state index in [1.165, 1.54) is 19.2 Å². The molecule has 1 saturated carbocycles. The Morgan fingerprint density at radius 1 is 1.47 bits per heavy atom. The van der Waals surface area contributed by atoms with E-state index < -0.39 is 0 Å². The molecule has 0 amide bonds. The Labute approximate surface area is 91.5 Å². The normalized spacial score (nSPS) is 18.3. The number of hydrogen-bond donors (Lipinski definition) is 0. The molecule has 0 aliphatic heterocycles. The molecule has 0 saturated heterocycles. The molecule has 2 aromatic heterocycles. The van der Waals surface area contributed by atoms with Gasteiger partial charge in [0, 0.05) is 0 Å². The maximum atomic E-state index is 5.90. The highest BCUT2D eigenvalue weighted by atomic mass is 35.5. The van der Waals surface area contributed by atoms with E-state index >= 15 is 0 Å². The van der Waals surface area contributed by atoms with Crippen LogP contribution in [0, 0.1) is 5.92 Å². The summed E-state index contributed by atoms with van der Waals surface area (Å²) in [4.78, 5) is 8.05. The molecule has 0 spiro atoms. The monoisotopic (exact) mass is 223 g/mol. The van der Waals surface area contributed by atoms with Gasteiger partial charge in [0.2, 0.25) is 0 Å². The molecule has 15 heavy (non-hydrogen) atoms. The summed E-state index contributed by atoms with van der Waals surface area (Å²) in [7, 11) is 0. The van der Waals surface area contributed by atoms with Gasteiger partial charge in [-0.15, -0.1) is 5.10 Å². The number of fused-ring (bicyclic) bond motifs is 1. The van der Waals surface area contributed by atoms with Gasteiger partial charge < -0.3 is 0 Å². The van der Waals surface area contributed by atoms with Gasteiger partial charge in [0.25, 0.3) is 0 Å². The lowest BCUT2D eigenvalue weighted by Crippen LogP contribution is -2.09. The smallest absolute Gasteiger partial charge is 0.183 e. The highest BCUT2D eigenvalue weighted by Gasteiger charge is 2.31. The van der Waals surface area contributed by atoms with Gasteiger partial charge in [-0.2, -0.15) is 0 Å². The van der Waals surface area contributed by atoms with Crippen molar-refractivity contribution in [3.63, 3.8) is 0 Å². The van der Waals surface area contributed by atoms with Gasteiger partial charge in [-0.25, -0.2) is 14.6 Å². The minimum atomic E-state index is 0.348. The van der Waals surface area contributed by atoms with Crippen LogP contribution in [0.15, 0.2) is 6.33 Å². The Morgan fingerprint density at radius 3 is 3.00 bits per heavy atom. The molecule has 1 aliphatic carbocycles. The van der Waals surface area contributed by atoms with Crippen molar-refractivity contribution in [3.05, 3.63) is 11.5 Å². The van der Waals surface area contributed by atoms with E-state index in [9.17, 15) is 0 Å². The summed E-state index contributed by atoms with van der Waals surface area (Å²) < 4.78 is 1.85. The van der Waals surface area contributed by atoms with Crippen LogP contribution in [-0.2, 0) is 0 Å². The van der Waals surface area contributed by atoms with Gasteiger partial charge >= 0.3 is 0 Å². The number of nitrogens with zero attached hydrogens (tertiary/aromatic N) is 5. The molecule has 5 nitrogen and oxygen atoms in total. The zero-order valence-electron chi connectivity index (χ0n) is 8.26. The molecule has 78 valence electrons. The van der Waals surface area contributed by atoms with Gasteiger partial charge in [-0.3, -0.25) is 0 Å². The molecule has 0 bridgehead atoms. The van der Waals surface area contributed by atoms with E-state index in [1.54, 1.807) is 0 Å². The lowest BCUT2D eigenvalue weighted by Gasteiger charge is -2.09. The number of aromatic nitrogens is 5. The van der Waals surface area contributed by atoms with E-state index in [4.69, 9.17) is 11.6 Å². The summed E-state index contributed by atoms with van der Waals surface area (Å²) in [6, 6.07) is 0.348. The zero-order valence-corrected chi connectivity index (χ0v) is 9.02. The van der Waals surface area contributed by atoms with E-state index in [1.807, 2.05) is 4.68 Å². The van der Waals surface area contributed by atoms with Crippen LogP contribution in [-0.4, -0.2) is 25.0 Å². The third-order valence-corrected chi connectivity index (χ3v) is 3.18. The lowest BCUT2D eigenvalue weighted by atomic mass is 10.2. The van der Waals surface area contributed by atoms with Crippen LogP contribution in [0.1, 0.15) is 25.8 Å². The first-order valence-corrected chi connectivity index (χ1v) is 5.36. The Balaban J connectivity index is 2.15. The topological polar surface area (TPSA) is 56.5 Å². The molecule has 2 aromatic rings. The van der Waals surface area contributed by atoms with E-state index in [2.05, 4.69) is 27.2 Å². The molecule has 1 aliphatic rings. The fourth-order valence-electron chi connectivity index (χ4n) is 1.79. The molecule has 1 atom stereocenters. The van der Waals surface area contributed by atoms with Crippen LogP contribution >= 0.6 is 11.6 Å². The minimum absolute atomic E-state index is 0.348. The summed E-state index contributed by atoms with van der Waals surface area (Å²) in [6.07, 6.45) is 3.98. The Hall–Kier alpha value is -1.23. The second-order valence-corrected chi connectivity index (χ2v) is 4.31. The first-order valence-electron chi connectivity index (χ1n) is 4.99. The molecule has 0 N–H and O–H groups in total. The van der Waals surface area contributed by atoms with Crippen LogP contribution in [0.25, 0.3) is 11.2 Å². The largest absolute Gasteiger partial charge is 0.224 e. The van der Waals surface area contributed by atoms with Crippen molar-refractivity contribution in [1.82, 2.24) is 25.0 Å². The summed E-state index contributed by atoms with van der Waals surface area (Å²) in [5.74, 6) is 0.712. The molecular weight excluding hydrogens is 214 g/mol. The fourth-order valence-corrected chi connectivity index (χ4v) is 1.96. The Kier molecular flexibility index (Phi) is 1.88. The molecular formula is C9H10ClN5. The van der Waals surface area contributed by atoms with E-state index in [-0.39, 0.29) is 0 Å². The Morgan fingerprint density at radius 2 is 2.27 bits per heavy atom. The Bertz CT molecular complexity index is 504. The van der Waals surface area contributed by atoms with Gasteiger partial charge in [-0.1, -0.05) is 16.8 Å². The fraction of sp³-hybridized carbons (Fsp3) is 0.556. The van der Waals surface area contributed by atoms with E-state index in [0.29, 0.717) is 22.6 Å². The van der Waals surface area contributed by atoms with Gasteiger partial charge in [0.15, 0.2) is 16.3 Å². The average molecular weight is 224 g/mol. The standard InChI is InChI=1S/C9H10ClN5/c1-5(6-2-3-6)15-9-7(13-14-15)8(10)11-4-12-9/h4-6H,2-3H2,1H3. The second-order valence-electron chi connectivity index (χ2n) is 3.95. The summed E-state index contributed by atoms with van der Waals surface area (Å²) in [6.45, 7) is 2.14. The van der Waals surface area contributed by atoms with Crippen LogP contribution < -0.4 is 0 Å². The molecule has 6 heteroatoms. The molecule has 0 aromatic carbocycles. The second kappa shape index (κ2) is 3.13. The average Bonchev–Trinajstić information content (AvgIpc) is 2.98. The SMILES string of the molecule is CC(C1CC1)n1nnc2c(Cl)ncnc21. The quantitative estimate of drug-likeness (QED) is 0.729. The van der Waals surface area contributed by atoms with Crippen LogP contribution in [0.3, 0.4) is 0 Å². The maximum Gasteiger partial charge on any atom is 0.183 e. The number of hydrogen-bond acceptors (Lipinski definition) is 4. The van der Waals surface area contributed by atoms with Crippen LogP contribution in [0.2, 0.25) is 5.15 Å². The van der Waals surface area contributed by atoms with Crippen molar-refractivity contribution in [2.24, 2.45) is 5.92 Å². The number of rotatable bonds is 2. The first-order chi connectivity index (χ1) is 7.27. The molecule has 0 radical (unpaired) electrons. The predicted octanol–water partition coefficient (Wildman–Crippen LogP) is 1.85. The third kappa shape index (κ3) is 1.38. The molecule has 2 heterocycles. The first kappa shape index (κ1) is 9.03. The van der Waals surface area contributed by atoms with Crippen molar-refractivity contribution >= 4 is 22.8 Å². The summed E-state index contributed by atoms with van der Waals surface area (Å²) in [5.41, 5.74) is 1.32. The van der Waals surface area contributed by atoms with Crippen LogP contribution in [0.5, 0.6) is 0 Å². The number of halogens is 1. The van der Waals surface area contributed by atoms with Gasteiger partial charge in [-0.05, 0) is 25.7 Å². The molecule has 1 unspecified atom stereocenters. The van der Waals surface area contributed by atoms with Crippen molar-refractivity contribution in [3.8, 4) is 0 Å². The molecule has 1 fully saturated rings. The van der Waals surface area contributed by atoms with Crippen molar-refractivity contribution in [2.45, 2.75) is 25.8 Å². The van der Waals surface area contributed by atoms with Gasteiger partial charge in [0.1, 0.15) is 6.33 Å². The minimum Gasteiger partial charge on any atom is -0.224 e. The van der Waals surface area contributed by atoms with Crippen molar-refractivity contribution in [2.75, 3.05) is 0 Å². The van der Waals surface area contributed by atoms with Crippen LogP contribution in [0.4, 0.5) is 0 Å². The van der Waals surface area contributed by atoms with E-state index in [0.717, 1.165) is 5.65 Å². The predicted molar refractivity (Wildman–Crippen MR) is 55.6 cm³/mol. The lowest BCUT2D eigenvalue weighted by molar-refractivity contribution is 0.438. The zero-order chi connectivity index (χ0) is 10.4. The molecule has 3 rings (SSSR count). The van der Waals surface area contributed by atoms with Gasteiger partial charge in [0.05, 0.1) is 6.04 Å². The highest BCUT2D eigenvalue weighted by molar-refractivity contribution is 6.33. The summed E-state index contributed by atoms with van der Waals surface area (Å²) >= 11 is 5.90. The van der Waals surface area contributed by atoms with Crippen molar-refractivity contribution < 1.29 is 0 Å². The summed E-state index contributed by atoms with van der Waals surface area (Å²) in [5, 5.41) is 8.47. The third-order valence-electron chi connectivity index (χ3n) is 2.91. The van der Waals surface area contributed by atoms with Crippen molar-refractivity contribution in [1.29, 1.82) is 0 Å². The maximum absolute atomic E-state index is 5.90.